The molecule has 1 aliphatic rings. The topological polar surface area (TPSA) is 70.1 Å². The van der Waals surface area contributed by atoms with Crippen LogP contribution in [0.5, 0.6) is 0 Å². The molecule has 0 radical (unpaired) electrons. The summed E-state index contributed by atoms with van der Waals surface area (Å²) in [5.74, 6) is 0.0361. The van der Waals surface area contributed by atoms with Gasteiger partial charge in [-0.05, 0) is 43.6 Å². The molecule has 0 saturated carbocycles. The number of H-pyrrole nitrogens is 1. The first-order chi connectivity index (χ1) is 12.6. The number of imidazole rings is 1. The van der Waals surface area contributed by atoms with Crippen molar-refractivity contribution in [1.29, 1.82) is 0 Å². The van der Waals surface area contributed by atoms with Crippen molar-refractivity contribution in [2.45, 2.75) is 26.2 Å². The van der Waals surface area contributed by atoms with E-state index < -0.39 is 0 Å². The Labute approximate surface area is 158 Å². The van der Waals surface area contributed by atoms with Crippen LogP contribution in [0.15, 0.2) is 36.5 Å². The number of nitrogens with zero attached hydrogens (tertiary/aromatic N) is 2. The molecule has 0 spiro atoms. The van der Waals surface area contributed by atoms with Gasteiger partial charge in [-0.1, -0.05) is 25.1 Å². The largest absolute Gasteiger partial charge is 0.356 e. The highest BCUT2D eigenvalue weighted by Crippen LogP contribution is 2.21. The van der Waals surface area contributed by atoms with Gasteiger partial charge in [-0.25, -0.2) is 0 Å². The number of piperidine rings is 1. The van der Waals surface area contributed by atoms with Crippen LogP contribution in [0.2, 0.25) is 0 Å². The predicted molar refractivity (Wildman–Crippen MR) is 103 cm³/mol. The lowest BCUT2D eigenvalue weighted by atomic mass is 9.95. The van der Waals surface area contributed by atoms with E-state index in [1.54, 1.807) is 15.7 Å². The van der Waals surface area contributed by atoms with Crippen molar-refractivity contribution in [2.75, 3.05) is 19.6 Å². The fourth-order valence-corrected chi connectivity index (χ4v) is 3.52. The van der Waals surface area contributed by atoms with Crippen LogP contribution in [0, 0.1) is 10.7 Å². The summed E-state index contributed by atoms with van der Waals surface area (Å²) >= 11 is 5.35. The minimum atomic E-state index is -0.0615. The van der Waals surface area contributed by atoms with Crippen molar-refractivity contribution in [1.82, 2.24) is 19.8 Å². The second kappa shape index (κ2) is 8.31. The predicted octanol–water partition coefficient (Wildman–Crippen LogP) is 2.91. The van der Waals surface area contributed by atoms with Crippen LogP contribution in [-0.4, -0.2) is 45.9 Å². The zero-order valence-corrected chi connectivity index (χ0v) is 15.7. The average Bonchev–Trinajstić information content (AvgIpc) is 3.07. The first kappa shape index (κ1) is 18.4. The average molecular weight is 372 g/mol. The van der Waals surface area contributed by atoms with Gasteiger partial charge in [-0.3, -0.25) is 14.2 Å². The normalized spacial score (nSPS) is 15.0. The van der Waals surface area contributed by atoms with Gasteiger partial charge in [-0.2, -0.15) is 0 Å². The molecule has 2 amide bonds. The van der Waals surface area contributed by atoms with E-state index in [0.717, 1.165) is 12.1 Å². The van der Waals surface area contributed by atoms with Gasteiger partial charge in [0.25, 0.3) is 5.91 Å². The van der Waals surface area contributed by atoms with E-state index in [4.69, 9.17) is 12.2 Å². The molecule has 1 fully saturated rings. The van der Waals surface area contributed by atoms with Crippen LogP contribution in [0.1, 0.15) is 36.7 Å². The number of rotatable bonds is 5. The first-order valence-corrected chi connectivity index (χ1v) is 9.45. The Morgan fingerprint density at radius 3 is 2.58 bits per heavy atom. The Morgan fingerprint density at radius 1 is 1.23 bits per heavy atom. The van der Waals surface area contributed by atoms with Gasteiger partial charge in [0, 0.05) is 37.4 Å². The third-order valence-electron chi connectivity index (χ3n) is 4.71. The quantitative estimate of drug-likeness (QED) is 0.793. The number of carbonyl (C=O) groups is 2. The van der Waals surface area contributed by atoms with Gasteiger partial charge >= 0.3 is 0 Å². The highest BCUT2D eigenvalue weighted by molar-refractivity contribution is 7.71. The van der Waals surface area contributed by atoms with Crippen LogP contribution < -0.4 is 5.32 Å². The Bertz CT molecular complexity index is 820. The smallest absolute Gasteiger partial charge is 0.272 e. The summed E-state index contributed by atoms with van der Waals surface area (Å²) < 4.78 is 2.26. The molecular formula is C19H24N4O2S. The summed E-state index contributed by atoms with van der Waals surface area (Å²) in [5.41, 5.74) is 1.38. The highest BCUT2D eigenvalue weighted by atomic mass is 32.1. The van der Waals surface area contributed by atoms with Gasteiger partial charge in [-0.15, -0.1) is 0 Å². The molecule has 6 nitrogen and oxygen atoms in total. The second-order valence-corrected chi connectivity index (χ2v) is 6.89. The molecule has 3 rings (SSSR count). The molecule has 0 bridgehead atoms. The zero-order valence-electron chi connectivity index (χ0n) is 14.9. The molecule has 7 heteroatoms. The lowest BCUT2D eigenvalue weighted by molar-refractivity contribution is -0.126. The SMILES string of the molecule is CCCNC(=O)C1CCN(C(=O)c2c[nH]c(=S)n2-c2ccccc2)CC1. The number of benzene rings is 1. The number of aromatic nitrogens is 2. The van der Waals surface area contributed by atoms with Gasteiger partial charge in [0.2, 0.25) is 5.91 Å². The summed E-state index contributed by atoms with van der Waals surface area (Å²) in [4.78, 5) is 29.9. The van der Waals surface area contributed by atoms with Crippen LogP contribution >= 0.6 is 12.2 Å². The summed E-state index contributed by atoms with van der Waals surface area (Å²) in [6.45, 7) is 3.90. The van der Waals surface area contributed by atoms with E-state index >= 15 is 0 Å². The molecule has 138 valence electrons. The zero-order chi connectivity index (χ0) is 18.5. The molecule has 0 aliphatic carbocycles. The standard InChI is InChI=1S/C19H24N4O2S/c1-2-10-20-17(24)14-8-11-22(12-9-14)18(25)16-13-21-19(26)23(16)15-6-4-3-5-7-15/h3-7,13-14H,2,8-12H2,1H3,(H,20,24)(H,21,26). The molecule has 1 aliphatic heterocycles. The number of amides is 2. The van der Waals surface area contributed by atoms with Crippen molar-refractivity contribution in [3.8, 4) is 5.69 Å². The fourth-order valence-electron chi connectivity index (χ4n) is 3.26. The van der Waals surface area contributed by atoms with Crippen molar-refractivity contribution in [3.63, 3.8) is 0 Å². The molecule has 2 N–H and O–H groups in total. The van der Waals surface area contributed by atoms with Crippen molar-refractivity contribution < 1.29 is 9.59 Å². The van der Waals surface area contributed by atoms with Crippen LogP contribution in [0.25, 0.3) is 5.69 Å². The Kier molecular flexibility index (Phi) is 5.88. The minimum Gasteiger partial charge on any atom is -0.356 e. The van der Waals surface area contributed by atoms with Gasteiger partial charge in [0.15, 0.2) is 4.77 Å². The Balaban J connectivity index is 1.71. The van der Waals surface area contributed by atoms with Gasteiger partial charge in [0.1, 0.15) is 5.69 Å². The maximum Gasteiger partial charge on any atom is 0.272 e. The van der Waals surface area contributed by atoms with Gasteiger partial charge < -0.3 is 15.2 Å². The molecule has 1 aromatic heterocycles. The van der Waals surface area contributed by atoms with Crippen LogP contribution in [0.4, 0.5) is 0 Å². The lowest BCUT2D eigenvalue weighted by Gasteiger charge is -2.31. The number of para-hydroxylation sites is 1. The molecule has 1 aromatic carbocycles. The van der Waals surface area contributed by atoms with E-state index in [-0.39, 0.29) is 17.7 Å². The van der Waals surface area contributed by atoms with E-state index in [1.807, 2.05) is 37.3 Å². The van der Waals surface area contributed by atoms with E-state index in [2.05, 4.69) is 10.3 Å². The molecular weight excluding hydrogens is 348 g/mol. The number of carbonyl (C=O) groups excluding carboxylic acids is 2. The van der Waals surface area contributed by atoms with Crippen LogP contribution in [0.3, 0.4) is 0 Å². The summed E-state index contributed by atoms with van der Waals surface area (Å²) in [7, 11) is 0. The maximum absolute atomic E-state index is 13.0. The monoisotopic (exact) mass is 372 g/mol. The number of hydrogen-bond donors (Lipinski definition) is 2. The highest BCUT2D eigenvalue weighted by Gasteiger charge is 2.29. The van der Waals surface area contributed by atoms with Crippen molar-refractivity contribution in [2.24, 2.45) is 5.92 Å². The molecule has 1 saturated heterocycles. The van der Waals surface area contributed by atoms with Crippen LogP contribution in [-0.2, 0) is 4.79 Å². The molecule has 0 unspecified atom stereocenters. The first-order valence-electron chi connectivity index (χ1n) is 9.04. The van der Waals surface area contributed by atoms with E-state index in [1.165, 1.54) is 0 Å². The third-order valence-corrected chi connectivity index (χ3v) is 5.01. The summed E-state index contributed by atoms with van der Waals surface area (Å²) in [6.07, 6.45) is 3.98. The molecule has 2 aromatic rings. The molecule has 26 heavy (non-hydrogen) atoms. The summed E-state index contributed by atoms with van der Waals surface area (Å²) in [5, 5.41) is 2.95. The number of aromatic amines is 1. The number of likely N-dealkylation sites (tertiary alicyclic amines) is 1. The molecule has 0 atom stereocenters. The number of nitrogens with one attached hydrogen (secondary N) is 2. The van der Waals surface area contributed by atoms with Gasteiger partial charge in [0.05, 0.1) is 0 Å². The fraction of sp³-hybridized carbons (Fsp3) is 0.421. The minimum absolute atomic E-state index is 0.00687. The number of hydrogen-bond acceptors (Lipinski definition) is 3. The van der Waals surface area contributed by atoms with Crippen molar-refractivity contribution in [3.05, 3.63) is 47.0 Å². The van der Waals surface area contributed by atoms with E-state index in [9.17, 15) is 9.59 Å². The Morgan fingerprint density at radius 2 is 1.92 bits per heavy atom. The second-order valence-electron chi connectivity index (χ2n) is 6.51. The van der Waals surface area contributed by atoms with Crippen molar-refractivity contribution >= 4 is 24.0 Å². The third kappa shape index (κ3) is 3.88. The maximum atomic E-state index is 13.0. The summed E-state index contributed by atoms with van der Waals surface area (Å²) in [6, 6.07) is 9.60. The van der Waals surface area contributed by atoms with E-state index in [0.29, 0.717) is 42.9 Å². The molecule has 2 heterocycles. The Hall–Kier alpha value is -2.41. The lowest BCUT2D eigenvalue weighted by Crippen LogP contribution is -2.43.